The first-order valence-corrected chi connectivity index (χ1v) is 8.53. The number of hydrogen-bond acceptors (Lipinski definition) is 4. The molecule has 24 heavy (non-hydrogen) atoms. The average molecular weight is 345 g/mol. The summed E-state index contributed by atoms with van der Waals surface area (Å²) in [5.74, 6) is -0.387. The maximum Gasteiger partial charge on any atom is 0.267 e. The zero-order valence-corrected chi connectivity index (χ0v) is 15.7. The predicted octanol–water partition coefficient (Wildman–Crippen LogP) is 3.70. The molecule has 0 saturated carbocycles. The minimum Gasteiger partial charge on any atom is -0.345 e. The number of aryl methyl sites for hydroxylation is 1. The summed E-state index contributed by atoms with van der Waals surface area (Å²) in [6, 6.07) is 7.01. The fraction of sp³-hybridized carbons (Fsp3) is 0.389. The third-order valence-corrected chi connectivity index (χ3v) is 5.04. The van der Waals surface area contributed by atoms with Crippen molar-refractivity contribution < 1.29 is 9.59 Å². The Labute approximate surface area is 146 Å². The Bertz CT molecular complexity index is 773. The van der Waals surface area contributed by atoms with E-state index in [4.69, 9.17) is 0 Å². The summed E-state index contributed by atoms with van der Waals surface area (Å²) in [5.41, 5.74) is 1.58. The molecule has 1 aromatic heterocycles. The van der Waals surface area contributed by atoms with Crippen LogP contribution in [0.1, 0.15) is 51.5 Å². The molecule has 0 bridgehead atoms. The maximum absolute atomic E-state index is 12.7. The second kappa shape index (κ2) is 6.73. The summed E-state index contributed by atoms with van der Waals surface area (Å²) >= 11 is 1.40. The van der Waals surface area contributed by atoms with Crippen LogP contribution in [0, 0.1) is 6.92 Å². The molecule has 2 aromatic rings. The Balaban J connectivity index is 2.32. The van der Waals surface area contributed by atoms with Crippen LogP contribution in [0.4, 0.5) is 5.69 Å². The lowest BCUT2D eigenvalue weighted by molar-refractivity contribution is 0.0828. The molecule has 0 spiro atoms. The molecule has 0 radical (unpaired) electrons. The van der Waals surface area contributed by atoms with E-state index in [2.05, 4.69) is 31.1 Å². The topological polar surface area (TPSA) is 62.3 Å². The summed E-state index contributed by atoms with van der Waals surface area (Å²) in [5, 5.41) is 3.77. The van der Waals surface area contributed by atoms with Crippen molar-refractivity contribution >= 4 is 28.8 Å². The predicted molar refractivity (Wildman–Crippen MR) is 98.0 cm³/mol. The Morgan fingerprint density at radius 3 is 2.33 bits per heavy atom. The average Bonchev–Trinajstić information content (AvgIpc) is 2.89. The van der Waals surface area contributed by atoms with Gasteiger partial charge in [0.2, 0.25) is 0 Å². The molecule has 0 atom stereocenters. The highest BCUT2D eigenvalue weighted by Crippen LogP contribution is 2.30. The summed E-state index contributed by atoms with van der Waals surface area (Å²) < 4.78 is 0. The van der Waals surface area contributed by atoms with E-state index in [9.17, 15) is 9.59 Å². The zero-order chi connectivity index (χ0) is 18.1. The van der Waals surface area contributed by atoms with Gasteiger partial charge in [-0.25, -0.2) is 4.98 Å². The number of hydrogen-bond donors (Lipinski definition) is 1. The van der Waals surface area contributed by atoms with E-state index in [1.54, 1.807) is 38.4 Å². The number of benzene rings is 1. The molecule has 0 unspecified atom stereocenters. The van der Waals surface area contributed by atoms with Crippen LogP contribution in [0.15, 0.2) is 24.3 Å². The van der Waals surface area contributed by atoms with E-state index >= 15 is 0 Å². The Hall–Kier alpha value is -2.21. The van der Waals surface area contributed by atoms with Crippen LogP contribution in [0.3, 0.4) is 0 Å². The van der Waals surface area contributed by atoms with Crippen LogP contribution in [-0.2, 0) is 5.41 Å². The Kier molecular flexibility index (Phi) is 5.08. The van der Waals surface area contributed by atoms with Crippen molar-refractivity contribution in [3.05, 3.63) is 45.4 Å². The van der Waals surface area contributed by atoms with Gasteiger partial charge in [0.1, 0.15) is 4.88 Å². The van der Waals surface area contributed by atoms with Gasteiger partial charge < -0.3 is 10.2 Å². The number of nitrogens with zero attached hydrogens (tertiary/aromatic N) is 2. The van der Waals surface area contributed by atoms with Crippen molar-refractivity contribution in [3.63, 3.8) is 0 Å². The number of carbonyl (C=O) groups is 2. The third-order valence-electron chi connectivity index (χ3n) is 3.46. The van der Waals surface area contributed by atoms with Crippen molar-refractivity contribution in [1.29, 1.82) is 0 Å². The van der Waals surface area contributed by atoms with Crippen LogP contribution in [0.2, 0.25) is 0 Å². The monoisotopic (exact) mass is 345 g/mol. The Morgan fingerprint density at radius 1 is 1.17 bits per heavy atom. The standard InChI is InChI=1S/C18H23N3O2S/c1-11-14(24-17(19-11)18(2,3)4)15(22)20-13-10-8-7-9-12(13)16(23)21(5)6/h7-10H,1-6H3,(H,20,22). The van der Waals surface area contributed by atoms with Gasteiger partial charge in [-0.15, -0.1) is 11.3 Å². The molecule has 1 N–H and O–H groups in total. The molecule has 2 rings (SSSR count). The van der Waals surface area contributed by atoms with Crippen LogP contribution < -0.4 is 5.32 Å². The van der Waals surface area contributed by atoms with Crippen LogP contribution >= 0.6 is 11.3 Å². The van der Waals surface area contributed by atoms with Gasteiger partial charge in [0, 0.05) is 19.5 Å². The number of thiazole rings is 1. The van der Waals surface area contributed by atoms with Crippen molar-refractivity contribution in [2.24, 2.45) is 0 Å². The number of carbonyl (C=O) groups excluding carboxylic acids is 2. The van der Waals surface area contributed by atoms with E-state index in [0.717, 1.165) is 5.01 Å². The highest BCUT2D eigenvalue weighted by Gasteiger charge is 2.24. The largest absolute Gasteiger partial charge is 0.345 e. The SMILES string of the molecule is Cc1nc(C(C)(C)C)sc1C(=O)Nc1ccccc1C(=O)N(C)C. The molecule has 6 heteroatoms. The minimum absolute atomic E-state index is 0.104. The fourth-order valence-corrected chi connectivity index (χ4v) is 3.15. The number of para-hydroxylation sites is 1. The van der Waals surface area contributed by atoms with Crippen molar-refractivity contribution in [1.82, 2.24) is 9.88 Å². The summed E-state index contributed by atoms with van der Waals surface area (Å²) in [6.07, 6.45) is 0. The molecule has 5 nitrogen and oxygen atoms in total. The summed E-state index contributed by atoms with van der Waals surface area (Å²) in [6.45, 7) is 8.03. The van der Waals surface area contributed by atoms with Gasteiger partial charge in [-0.3, -0.25) is 9.59 Å². The van der Waals surface area contributed by atoms with Gasteiger partial charge in [-0.1, -0.05) is 32.9 Å². The molecule has 0 aliphatic carbocycles. The number of aromatic nitrogens is 1. The lowest BCUT2D eigenvalue weighted by Crippen LogP contribution is -2.24. The summed E-state index contributed by atoms with van der Waals surface area (Å²) in [4.78, 5) is 31.5. The number of amides is 2. The Morgan fingerprint density at radius 2 is 1.79 bits per heavy atom. The molecule has 1 aromatic carbocycles. The van der Waals surface area contributed by atoms with Gasteiger partial charge >= 0.3 is 0 Å². The van der Waals surface area contributed by atoms with Crippen LogP contribution in [0.5, 0.6) is 0 Å². The van der Waals surface area contributed by atoms with Crippen molar-refractivity contribution in [3.8, 4) is 0 Å². The first-order chi connectivity index (χ1) is 11.1. The molecule has 0 aliphatic rings. The van der Waals surface area contributed by atoms with Crippen LogP contribution in [0.25, 0.3) is 0 Å². The van der Waals surface area contributed by atoms with E-state index in [0.29, 0.717) is 21.8 Å². The second-order valence-corrected chi connectivity index (χ2v) is 7.88. The lowest BCUT2D eigenvalue weighted by atomic mass is 9.98. The minimum atomic E-state index is -0.237. The zero-order valence-electron chi connectivity index (χ0n) is 14.9. The highest BCUT2D eigenvalue weighted by atomic mass is 32.1. The third kappa shape index (κ3) is 3.82. The molecule has 1 heterocycles. The smallest absolute Gasteiger partial charge is 0.267 e. The van der Waals surface area contributed by atoms with E-state index < -0.39 is 0 Å². The molecular formula is C18H23N3O2S. The molecular weight excluding hydrogens is 322 g/mol. The van der Waals surface area contributed by atoms with Crippen LogP contribution in [-0.4, -0.2) is 35.8 Å². The van der Waals surface area contributed by atoms with Crippen molar-refractivity contribution in [2.45, 2.75) is 33.1 Å². The summed E-state index contributed by atoms with van der Waals surface area (Å²) in [7, 11) is 3.37. The fourth-order valence-electron chi connectivity index (χ4n) is 2.13. The van der Waals surface area contributed by atoms with E-state index in [1.807, 2.05) is 6.92 Å². The van der Waals surface area contributed by atoms with Gasteiger partial charge in [0.15, 0.2) is 0 Å². The van der Waals surface area contributed by atoms with Gasteiger partial charge in [0.25, 0.3) is 11.8 Å². The second-order valence-electron chi connectivity index (χ2n) is 6.88. The first-order valence-electron chi connectivity index (χ1n) is 7.71. The molecule has 0 fully saturated rings. The molecule has 0 aliphatic heterocycles. The maximum atomic E-state index is 12.7. The quantitative estimate of drug-likeness (QED) is 0.922. The van der Waals surface area contributed by atoms with Gasteiger partial charge in [-0.05, 0) is 19.1 Å². The number of nitrogens with one attached hydrogen (secondary N) is 1. The van der Waals surface area contributed by atoms with Gasteiger partial charge in [0.05, 0.1) is 22.0 Å². The normalized spacial score (nSPS) is 11.2. The van der Waals surface area contributed by atoms with E-state index in [-0.39, 0.29) is 17.2 Å². The van der Waals surface area contributed by atoms with Crippen molar-refractivity contribution in [2.75, 3.05) is 19.4 Å². The van der Waals surface area contributed by atoms with Gasteiger partial charge in [-0.2, -0.15) is 0 Å². The van der Waals surface area contributed by atoms with E-state index in [1.165, 1.54) is 16.2 Å². The lowest BCUT2D eigenvalue weighted by Gasteiger charge is -2.14. The first kappa shape index (κ1) is 18.1. The highest BCUT2D eigenvalue weighted by molar-refractivity contribution is 7.14. The number of rotatable bonds is 3. The molecule has 128 valence electrons. The molecule has 0 saturated heterocycles. The molecule has 2 amide bonds. The number of anilines is 1.